The summed E-state index contributed by atoms with van der Waals surface area (Å²) in [5.74, 6) is -0.271. The van der Waals surface area contributed by atoms with Gasteiger partial charge < -0.3 is 15.0 Å². The van der Waals surface area contributed by atoms with Crippen LogP contribution < -0.4 is 5.73 Å². The molecule has 2 N–H and O–H groups in total. The summed E-state index contributed by atoms with van der Waals surface area (Å²) < 4.78 is 7.35. The van der Waals surface area contributed by atoms with E-state index in [1.807, 2.05) is 69.3 Å². The van der Waals surface area contributed by atoms with Crippen molar-refractivity contribution in [2.24, 2.45) is 0 Å². The fraction of sp³-hybridized carbons (Fsp3) is 0.227. The monoisotopic (exact) mass is 408 g/mol. The molecule has 0 spiro atoms. The van der Waals surface area contributed by atoms with Crippen LogP contribution in [0.3, 0.4) is 0 Å². The van der Waals surface area contributed by atoms with Crippen LogP contribution in [0.25, 0.3) is 22.2 Å². The van der Waals surface area contributed by atoms with Gasteiger partial charge >= 0.3 is 5.97 Å². The second kappa shape index (κ2) is 7.04. The molecule has 4 aromatic rings. The van der Waals surface area contributed by atoms with E-state index in [9.17, 15) is 4.79 Å². The van der Waals surface area contributed by atoms with Crippen molar-refractivity contribution < 1.29 is 9.53 Å². The number of hydrogen-bond acceptors (Lipinski definition) is 5. The zero-order valence-corrected chi connectivity index (χ0v) is 17.2. The molecule has 0 saturated carbocycles. The number of rotatable bonds is 3. The normalized spacial score (nSPS) is 11.9. The number of aromatic nitrogens is 3. The van der Waals surface area contributed by atoms with Gasteiger partial charge in [-0.15, -0.1) is 0 Å². The standard InChI is InChI=1S/C22H21ClN4O2/c1-22(2,3)29-21(28)17-18-20(26-16-11-7-6-10-15(16)25-18)27(19(17)24)12-13-8-4-5-9-14(13)23/h4-11H,12,24H2,1-3H3. The van der Waals surface area contributed by atoms with Gasteiger partial charge in [-0.1, -0.05) is 41.9 Å². The van der Waals surface area contributed by atoms with Gasteiger partial charge in [0, 0.05) is 5.02 Å². The zero-order valence-electron chi connectivity index (χ0n) is 16.4. The van der Waals surface area contributed by atoms with Gasteiger partial charge in [0.1, 0.15) is 22.5 Å². The van der Waals surface area contributed by atoms with Crippen molar-refractivity contribution in [2.45, 2.75) is 32.9 Å². The maximum absolute atomic E-state index is 13.0. The number of ether oxygens (including phenoxy) is 1. The SMILES string of the molecule is CC(C)(C)OC(=O)c1c(N)n(Cc2ccccc2Cl)c2nc3ccccc3nc12. The molecule has 2 heterocycles. The van der Waals surface area contributed by atoms with Crippen molar-refractivity contribution in [1.29, 1.82) is 0 Å². The third kappa shape index (κ3) is 3.63. The summed E-state index contributed by atoms with van der Waals surface area (Å²) in [4.78, 5) is 22.4. The minimum atomic E-state index is -0.662. The van der Waals surface area contributed by atoms with Crippen LogP contribution in [-0.4, -0.2) is 26.1 Å². The fourth-order valence-corrected chi connectivity index (χ4v) is 3.40. The van der Waals surface area contributed by atoms with Crippen LogP contribution in [0.5, 0.6) is 0 Å². The molecule has 0 amide bonds. The molecule has 0 fully saturated rings. The molecule has 0 aliphatic carbocycles. The molecule has 0 radical (unpaired) electrons. The number of anilines is 1. The van der Waals surface area contributed by atoms with E-state index in [2.05, 4.69) is 4.98 Å². The van der Waals surface area contributed by atoms with E-state index in [1.165, 1.54) is 0 Å². The number of halogens is 1. The maximum atomic E-state index is 13.0. The zero-order chi connectivity index (χ0) is 20.8. The van der Waals surface area contributed by atoms with Crippen molar-refractivity contribution in [3.63, 3.8) is 0 Å². The van der Waals surface area contributed by atoms with Crippen LogP contribution in [0.15, 0.2) is 48.5 Å². The molecular weight excluding hydrogens is 388 g/mol. The largest absolute Gasteiger partial charge is 0.456 e. The Kier molecular flexibility index (Phi) is 4.67. The first kappa shape index (κ1) is 19.2. The van der Waals surface area contributed by atoms with E-state index in [0.29, 0.717) is 33.8 Å². The Bertz CT molecular complexity index is 1240. The third-order valence-corrected chi connectivity index (χ3v) is 4.85. The third-order valence-electron chi connectivity index (χ3n) is 4.48. The van der Waals surface area contributed by atoms with Crippen LogP contribution in [0.2, 0.25) is 5.02 Å². The van der Waals surface area contributed by atoms with Crippen LogP contribution in [-0.2, 0) is 11.3 Å². The predicted octanol–water partition coefficient (Wildman–Crippen LogP) is 4.82. The summed E-state index contributed by atoms with van der Waals surface area (Å²) in [6.45, 7) is 5.79. The number of nitrogens with two attached hydrogens (primary N) is 1. The van der Waals surface area contributed by atoms with Gasteiger partial charge in [-0.25, -0.2) is 14.8 Å². The lowest BCUT2D eigenvalue weighted by molar-refractivity contribution is 0.00727. The number of para-hydroxylation sites is 2. The van der Waals surface area contributed by atoms with Gasteiger partial charge in [-0.3, -0.25) is 0 Å². The first-order valence-electron chi connectivity index (χ1n) is 9.26. The Labute approximate surface area is 173 Å². The van der Waals surface area contributed by atoms with Gasteiger partial charge in [0.15, 0.2) is 5.65 Å². The number of esters is 1. The number of hydrogen-bond donors (Lipinski definition) is 1. The highest BCUT2D eigenvalue weighted by Crippen LogP contribution is 2.31. The average Bonchev–Trinajstić information content (AvgIpc) is 2.91. The van der Waals surface area contributed by atoms with Crippen LogP contribution in [0.1, 0.15) is 36.7 Å². The van der Waals surface area contributed by atoms with Crippen molar-refractivity contribution >= 4 is 45.6 Å². The molecule has 29 heavy (non-hydrogen) atoms. The van der Waals surface area contributed by atoms with E-state index in [-0.39, 0.29) is 11.4 Å². The number of carbonyl (C=O) groups is 1. The van der Waals surface area contributed by atoms with Gasteiger partial charge in [0.2, 0.25) is 0 Å². The summed E-state index contributed by atoms with van der Waals surface area (Å²) >= 11 is 6.35. The van der Waals surface area contributed by atoms with Crippen molar-refractivity contribution in [3.8, 4) is 0 Å². The highest BCUT2D eigenvalue weighted by Gasteiger charge is 2.28. The van der Waals surface area contributed by atoms with E-state index >= 15 is 0 Å². The van der Waals surface area contributed by atoms with E-state index in [1.54, 1.807) is 4.57 Å². The first-order chi connectivity index (χ1) is 13.7. The van der Waals surface area contributed by atoms with E-state index in [4.69, 9.17) is 27.1 Å². The molecule has 7 heteroatoms. The van der Waals surface area contributed by atoms with Crippen LogP contribution in [0.4, 0.5) is 5.82 Å². The predicted molar refractivity (Wildman–Crippen MR) is 115 cm³/mol. The number of nitrogens with zero attached hydrogens (tertiary/aromatic N) is 3. The number of benzene rings is 2. The van der Waals surface area contributed by atoms with Crippen LogP contribution in [0, 0.1) is 0 Å². The molecule has 2 aromatic heterocycles. The van der Waals surface area contributed by atoms with Gasteiger partial charge in [-0.2, -0.15) is 0 Å². The Morgan fingerprint density at radius 2 is 1.69 bits per heavy atom. The lowest BCUT2D eigenvalue weighted by atomic mass is 10.2. The lowest BCUT2D eigenvalue weighted by Gasteiger charge is -2.19. The summed E-state index contributed by atoms with van der Waals surface area (Å²) in [6.07, 6.45) is 0. The Hall–Kier alpha value is -3.12. The van der Waals surface area contributed by atoms with Gasteiger partial charge in [0.05, 0.1) is 17.6 Å². The molecule has 0 aliphatic rings. The molecule has 148 valence electrons. The molecule has 2 aromatic carbocycles. The Morgan fingerprint density at radius 3 is 2.34 bits per heavy atom. The number of fused-ring (bicyclic) bond motifs is 2. The van der Waals surface area contributed by atoms with Crippen LogP contribution >= 0.6 is 11.6 Å². The summed E-state index contributed by atoms with van der Waals surface area (Å²) in [5.41, 5.74) is 9.19. The highest BCUT2D eigenvalue weighted by molar-refractivity contribution is 6.31. The molecule has 0 saturated heterocycles. The lowest BCUT2D eigenvalue weighted by Crippen LogP contribution is -2.24. The first-order valence-corrected chi connectivity index (χ1v) is 9.63. The molecule has 0 aliphatic heterocycles. The molecular formula is C22H21ClN4O2. The fourth-order valence-electron chi connectivity index (χ4n) is 3.20. The van der Waals surface area contributed by atoms with Crippen molar-refractivity contribution in [1.82, 2.24) is 14.5 Å². The topological polar surface area (TPSA) is 83.0 Å². The van der Waals surface area contributed by atoms with Gasteiger partial charge in [-0.05, 0) is 44.5 Å². The Morgan fingerprint density at radius 1 is 1.07 bits per heavy atom. The number of carbonyl (C=O) groups excluding carboxylic acids is 1. The minimum absolute atomic E-state index is 0.222. The summed E-state index contributed by atoms with van der Waals surface area (Å²) in [6, 6.07) is 15.0. The summed E-state index contributed by atoms with van der Waals surface area (Å²) in [5, 5.41) is 0.612. The smallest absolute Gasteiger partial charge is 0.344 e. The molecule has 6 nitrogen and oxygen atoms in total. The van der Waals surface area contributed by atoms with Gasteiger partial charge in [0.25, 0.3) is 0 Å². The minimum Gasteiger partial charge on any atom is -0.456 e. The van der Waals surface area contributed by atoms with Crippen molar-refractivity contribution in [3.05, 3.63) is 64.7 Å². The second-order valence-electron chi connectivity index (χ2n) is 7.82. The van der Waals surface area contributed by atoms with Crippen molar-refractivity contribution in [2.75, 3.05) is 5.73 Å². The molecule has 4 rings (SSSR count). The Balaban J connectivity index is 1.96. The molecule has 0 atom stereocenters. The molecule has 0 bridgehead atoms. The average molecular weight is 409 g/mol. The highest BCUT2D eigenvalue weighted by atomic mass is 35.5. The van der Waals surface area contributed by atoms with E-state index in [0.717, 1.165) is 5.56 Å². The maximum Gasteiger partial charge on any atom is 0.344 e. The van der Waals surface area contributed by atoms with E-state index < -0.39 is 11.6 Å². The quantitative estimate of drug-likeness (QED) is 0.491. The second-order valence-corrected chi connectivity index (χ2v) is 8.23. The molecule has 0 unspecified atom stereocenters. The number of nitrogen functional groups attached to an aromatic ring is 1. The summed E-state index contributed by atoms with van der Waals surface area (Å²) in [7, 11) is 0.